The maximum absolute atomic E-state index is 10.7. The minimum absolute atomic E-state index is 0. The first kappa shape index (κ1) is 34.1. The number of hydrogen-bond donors (Lipinski definition) is 0. The fourth-order valence-electron chi connectivity index (χ4n) is 2.19. The maximum atomic E-state index is 10.7. The summed E-state index contributed by atoms with van der Waals surface area (Å²) in [5.74, 6) is 2.35. The van der Waals surface area contributed by atoms with E-state index in [1.54, 1.807) is 0 Å². The Hall–Kier alpha value is 2.53. The first-order valence-electron chi connectivity index (χ1n) is 9.32. The zero-order valence-corrected chi connectivity index (χ0v) is 23.9. The molecule has 0 fully saturated rings. The van der Waals surface area contributed by atoms with Crippen LogP contribution in [0.25, 0.3) is 0 Å². The number of hydrogen-bond acceptors (Lipinski definition) is 6. The summed E-state index contributed by atoms with van der Waals surface area (Å²) in [5.41, 5.74) is -7.03. The molecule has 0 bridgehead atoms. The van der Waals surface area contributed by atoms with E-state index in [1.165, 1.54) is 25.7 Å². The molecule has 4 nitrogen and oxygen atoms in total. The zero-order valence-electron chi connectivity index (χ0n) is 16.8. The monoisotopic (exact) mass is 578 g/mol. The van der Waals surface area contributed by atoms with Crippen molar-refractivity contribution in [1.82, 2.24) is 0 Å². The van der Waals surface area contributed by atoms with Gasteiger partial charge in [0.25, 0.3) is 0 Å². The van der Waals surface area contributed by atoms with Crippen LogP contribution in [0.4, 0.5) is 0 Å². The second-order valence-electron chi connectivity index (χ2n) is 6.32. The van der Waals surface area contributed by atoms with Crippen LogP contribution in [0.1, 0.15) is 79.1 Å². The molecule has 0 radical (unpaired) electrons. The molecule has 0 saturated heterocycles. The van der Waals surface area contributed by atoms with Crippen LogP contribution in [-0.4, -0.2) is 11.5 Å². The van der Waals surface area contributed by atoms with E-state index in [9.17, 15) is 19.6 Å². The molecule has 166 valence electrons. The Balaban J connectivity index is -0.000000411. The smallest absolute Gasteiger partial charge is 0.169 e. The largest absolute Gasteiger partial charge is 0.816 e. The molecule has 0 aromatic rings. The van der Waals surface area contributed by atoms with Gasteiger partial charge in [-0.05, 0) is 25.7 Å². The van der Waals surface area contributed by atoms with E-state index in [-0.39, 0.29) is 21.1 Å². The Bertz CT molecular complexity index is 388. The molecule has 0 aromatic heterocycles. The van der Waals surface area contributed by atoms with Crippen molar-refractivity contribution < 1.29 is 40.6 Å². The van der Waals surface area contributed by atoms with Crippen molar-refractivity contribution in [2.45, 2.75) is 79.1 Å². The topological polar surface area (TPSA) is 92.2 Å². The molecule has 0 amide bonds. The molecule has 0 aromatic carbocycles. The average molecular weight is 577 g/mol. The normalized spacial score (nSPS) is 13.7. The van der Waals surface area contributed by atoms with Crippen molar-refractivity contribution in [3.8, 4) is 0 Å². The third kappa shape index (κ3) is 28.5. The van der Waals surface area contributed by atoms with Gasteiger partial charge in [-0.15, -0.1) is 0 Å². The summed E-state index contributed by atoms with van der Waals surface area (Å²) in [6.45, 7) is 8.48. The average Bonchev–Trinajstić information content (AvgIpc) is 2.54. The van der Waals surface area contributed by atoms with Gasteiger partial charge in [-0.25, -0.2) is 0 Å². The molecular weight excluding hydrogens is 542 g/mol. The van der Waals surface area contributed by atoms with Gasteiger partial charge in [-0.3, -0.25) is 0 Å². The van der Waals surface area contributed by atoms with Gasteiger partial charge >= 0.3 is 0 Å². The number of unbranched alkanes of at least 4 members (excludes halogenated alkanes) is 2. The fraction of sp³-hybridized carbons (Fsp3) is 1.00. The summed E-state index contributed by atoms with van der Waals surface area (Å²) in [4.78, 5) is 42.9. The van der Waals surface area contributed by atoms with Crippen LogP contribution < -0.4 is 19.6 Å². The van der Waals surface area contributed by atoms with Crippen molar-refractivity contribution >= 4 is 57.8 Å². The molecule has 0 aliphatic carbocycles. The van der Waals surface area contributed by atoms with Crippen molar-refractivity contribution in [2.75, 3.05) is 11.5 Å². The molecule has 0 N–H and O–H groups in total. The van der Waals surface area contributed by atoms with E-state index in [1.807, 2.05) is 0 Å². The van der Waals surface area contributed by atoms with Gasteiger partial charge in [0.1, 0.15) is 0 Å². The maximum Gasteiger partial charge on any atom is 0.169 e. The molecule has 0 spiro atoms. The van der Waals surface area contributed by atoms with Crippen LogP contribution in [0.5, 0.6) is 0 Å². The van der Waals surface area contributed by atoms with Crippen LogP contribution in [0.2, 0.25) is 0 Å². The molecule has 0 saturated carbocycles. The summed E-state index contributed by atoms with van der Waals surface area (Å²) in [6.07, 6.45) is 9.03. The van der Waals surface area contributed by atoms with E-state index in [2.05, 4.69) is 52.2 Å². The summed E-state index contributed by atoms with van der Waals surface area (Å²) < 4.78 is 0. The Morgan fingerprint density at radius 3 is 1.19 bits per heavy atom. The van der Waals surface area contributed by atoms with E-state index >= 15 is 0 Å². The Labute approximate surface area is 199 Å². The fourth-order valence-corrected chi connectivity index (χ4v) is 7.24. The van der Waals surface area contributed by atoms with Crippen LogP contribution >= 0.6 is 11.4 Å². The Kier molecular flexibility index (Phi) is 25.8. The van der Waals surface area contributed by atoms with E-state index in [4.69, 9.17) is 0 Å². The molecule has 2 unspecified atom stereocenters. The van der Waals surface area contributed by atoms with Gasteiger partial charge in [0.2, 0.25) is 0 Å². The third-order valence-corrected chi connectivity index (χ3v) is 10.6. The van der Waals surface area contributed by atoms with Crippen LogP contribution in [0.15, 0.2) is 0 Å². The van der Waals surface area contributed by atoms with Crippen LogP contribution in [-0.2, 0) is 67.4 Å². The second kappa shape index (κ2) is 20.4. The predicted octanol–water partition coefficient (Wildman–Crippen LogP) is 2.46. The molecular formula is C16H34MoO4P2S4-4. The third-order valence-electron chi connectivity index (χ3n) is 4.02. The molecule has 0 aliphatic rings. The summed E-state index contributed by atoms with van der Waals surface area (Å²) in [6, 6.07) is 0. The molecule has 0 rings (SSSR count). The molecule has 0 heterocycles. The van der Waals surface area contributed by atoms with Gasteiger partial charge < -0.3 is 44.1 Å². The van der Waals surface area contributed by atoms with Crippen molar-refractivity contribution in [3.63, 3.8) is 0 Å². The first-order chi connectivity index (χ1) is 12.0. The summed E-state index contributed by atoms with van der Waals surface area (Å²) in [5, 5.41) is 0. The molecule has 11 heteroatoms. The van der Waals surface area contributed by atoms with Crippen molar-refractivity contribution in [2.24, 2.45) is 11.8 Å². The standard InChI is InChI=1S/2C8H17O2PS2.Mo/c2*1-3-5-6-8(4-2)7-13-11(9,10)12;/h2*8H,3-7H2,1-2H3;/q2*-2;. The minimum Gasteiger partial charge on any atom is -0.816 e. The quantitative estimate of drug-likeness (QED) is 0.154. The summed E-state index contributed by atoms with van der Waals surface area (Å²) in [7, 11) is 1.86. The molecule has 27 heavy (non-hydrogen) atoms. The second-order valence-corrected chi connectivity index (χ2v) is 18.0. The van der Waals surface area contributed by atoms with E-state index in [0.717, 1.165) is 47.6 Å². The van der Waals surface area contributed by atoms with Gasteiger partial charge in [-0.2, -0.15) is 11.4 Å². The number of rotatable bonds is 12. The Morgan fingerprint density at radius 1 is 0.704 bits per heavy atom. The predicted molar refractivity (Wildman–Crippen MR) is 120 cm³/mol. The molecule has 0 aliphatic heterocycles. The van der Waals surface area contributed by atoms with Crippen molar-refractivity contribution in [1.29, 1.82) is 0 Å². The van der Waals surface area contributed by atoms with Gasteiger partial charge in [-0.1, -0.05) is 53.4 Å². The SMILES string of the molecule is CCCCC(CC)C[S+]=P([O-])([O-])[S-].CCCCC(CC)C[S+]=P([O-])([O-])[S-].[Mo]. The van der Waals surface area contributed by atoms with Crippen LogP contribution in [0, 0.1) is 11.8 Å². The van der Waals surface area contributed by atoms with Gasteiger partial charge in [0, 0.05) is 32.9 Å². The molecule has 2 atom stereocenters. The van der Waals surface area contributed by atoms with Gasteiger partial charge in [0.15, 0.2) is 11.5 Å². The van der Waals surface area contributed by atoms with Gasteiger partial charge in [0.05, 0.1) is 21.9 Å². The Morgan fingerprint density at radius 2 is 1.00 bits per heavy atom. The van der Waals surface area contributed by atoms with E-state index in [0.29, 0.717) is 23.3 Å². The first-order valence-corrected chi connectivity index (χ1v) is 17.8. The summed E-state index contributed by atoms with van der Waals surface area (Å²) >= 11 is 8.65. The zero-order chi connectivity index (χ0) is 20.6. The van der Waals surface area contributed by atoms with Crippen LogP contribution in [0.3, 0.4) is 0 Å². The minimum atomic E-state index is -3.51. The van der Waals surface area contributed by atoms with Crippen molar-refractivity contribution in [3.05, 3.63) is 0 Å². The van der Waals surface area contributed by atoms with E-state index < -0.39 is 11.4 Å².